The molecule has 0 unspecified atom stereocenters. The van der Waals surface area contributed by atoms with Crippen LogP contribution in [0, 0.1) is 0 Å². The summed E-state index contributed by atoms with van der Waals surface area (Å²) < 4.78 is 75.8. The van der Waals surface area contributed by atoms with Crippen molar-refractivity contribution in [3.8, 4) is 11.5 Å². The number of carboxylic acid groups (broad SMARTS) is 1. The molecular formula is C24H19CuN7O13S4. The zero-order valence-electron chi connectivity index (χ0n) is 23.9. The van der Waals surface area contributed by atoms with E-state index in [0.717, 1.165) is 36.7 Å². The van der Waals surface area contributed by atoms with Crippen molar-refractivity contribution in [1.29, 1.82) is 0 Å². The van der Waals surface area contributed by atoms with Crippen molar-refractivity contribution < 1.29 is 77.8 Å². The number of carboxylic acids is 1. The van der Waals surface area contributed by atoms with Crippen LogP contribution in [0.3, 0.4) is 0 Å². The number of aliphatic carboxylic acids is 1. The number of nitrogen functional groups attached to an aromatic ring is 1. The van der Waals surface area contributed by atoms with Gasteiger partial charge in [0.05, 0.1) is 44.6 Å². The second kappa shape index (κ2) is 15.9. The van der Waals surface area contributed by atoms with E-state index in [9.17, 15) is 36.2 Å². The van der Waals surface area contributed by atoms with Gasteiger partial charge in [-0.2, -0.15) is 21.2 Å². The Morgan fingerprint density at radius 2 is 1.65 bits per heavy atom. The Morgan fingerprint density at radius 1 is 0.980 bits per heavy atom. The molecule has 8 N–H and O–H groups in total. The fraction of sp³-hybridized carbons (Fsp3) is 0.0417. The summed E-state index contributed by atoms with van der Waals surface area (Å²) in [5.74, 6) is -1.83. The van der Waals surface area contributed by atoms with E-state index in [1.165, 1.54) is 30.6 Å². The molecule has 25 heteroatoms. The van der Waals surface area contributed by atoms with E-state index in [0.29, 0.717) is 12.0 Å². The largest absolute Gasteiger partial charge is 0.505 e. The van der Waals surface area contributed by atoms with Crippen LogP contribution in [0.15, 0.2) is 83.9 Å². The van der Waals surface area contributed by atoms with E-state index in [1.54, 1.807) is 0 Å². The van der Waals surface area contributed by atoms with E-state index >= 15 is 0 Å². The average Bonchev–Trinajstić information content (AvgIpc) is 3.40. The van der Waals surface area contributed by atoms with Gasteiger partial charge in [-0.1, -0.05) is 5.04 Å². The molecule has 5 aromatic rings. The zero-order valence-corrected chi connectivity index (χ0v) is 28.1. The first-order valence-corrected chi connectivity index (χ1v) is 16.7. The number of phenolic OH excluding ortho intramolecular Hbond substituents is 1. The van der Waals surface area contributed by atoms with Crippen LogP contribution in [0.25, 0.3) is 21.7 Å². The molecular weight excluding hydrogens is 786 g/mol. The molecule has 3 aromatic carbocycles. The summed E-state index contributed by atoms with van der Waals surface area (Å²) in [5.41, 5.74) is 4.98. The van der Waals surface area contributed by atoms with Crippen molar-refractivity contribution in [3.05, 3.63) is 48.8 Å². The Kier molecular flexibility index (Phi) is 12.6. The van der Waals surface area contributed by atoms with Gasteiger partial charge in [-0.05, 0) is 47.3 Å². The number of aromatic nitrogens is 2. The molecule has 0 bridgehead atoms. The van der Waals surface area contributed by atoms with E-state index < -0.39 is 53.1 Å². The summed E-state index contributed by atoms with van der Waals surface area (Å²) in [4.78, 5) is 11.4. The summed E-state index contributed by atoms with van der Waals surface area (Å²) >= 11 is 1.08. The molecule has 263 valence electrons. The Hall–Kier alpha value is -4.40. The van der Waals surface area contributed by atoms with E-state index in [-0.39, 0.29) is 65.8 Å². The number of carbonyl (C=O) groups is 1. The average molecular weight is 805 g/mol. The third-order valence-corrected chi connectivity index (χ3v) is 8.85. The quantitative estimate of drug-likeness (QED) is 0.0179. The van der Waals surface area contributed by atoms with Gasteiger partial charge >= 0.3 is 0 Å². The normalized spacial score (nSPS) is 11.9. The Morgan fingerprint density at radius 3 is 2.27 bits per heavy atom. The number of hydrogen-bond donors (Lipinski definition) is 7. The number of fused-ring (bicyclic) bond motifs is 2. The van der Waals surface area contributed by atoms with Crippen LogP contribution in [-0.2, 0) is 51.5 Å². The monoisotopic (exact) mass is 804 g/mol. The van der Waals surface area contributed by atoms with Crippen LogP contribution in [0.4, 0.5) is 27.8 Å². The minimum atomic E-state index is -5.03. The molecule has 1 radical (unpaired) electrons. The number of rotatable bonds is 9. The molecule has 0 spiro atoms. The second-order valence-electron chi connectivity index (χ2n) is 8.93. The first-order valence-electron chi connectivity index (χ1n) is 12.3. The van der Waals surface area contributed by atoms with E-state index in [1.807, 2.05) is 0 Å². The molecule has 0 amide bonds. The van der Waals surface area contributed by atoms with E-state index in [4.69, 9.17) is 20.9 Å². The van der Waals surface area contributed by atoms with Gasteiger partial charge in [0.25, 0.3) is 26.2 Å². The molecule has 2 aromatic heterocycles. The third kappa shape index (κ3) is 9.19. The number of hydrogen-bond acceptors (Lipinski definition) is 19. The van der Waals surface area contributed by atoms with Crippen LogP contribution in [0.2, 0.25) is 0 Å². The summed E-state index contributed by atoms with van der Waals surface area (Å²) in [5, 5.41) is 56.2. The Labute approximate surface area is 293 Å². The summed E-state index contributed by atoms with van der Waals surface area (Å²) in [7, 11) is -9.61. The predicted molar refractivity (Wildman–Crippen MR) is 167 cm³/mol. The van der Waals surface area contributed by atoms with Gasteiger partial charge in [-0.25, -0.2) is 5.26 Å². The van der Waals surface area contributed by atoms with Crippen LogP contribution in [-0.4, -0.2) is 61.8 Å². The number of anilines is 1. The molecule has 0 aliphatic carbocycles. The Bertz CT molecular complexity index is 2330. The fourth-order valence-electron chi connectivity index (χ4n) is 3.82. The topological polar surface area (TPSA) is 326 Å². The van der Waals surface area contributed by atoms with Gasteiger partial charge in [0.1, 0.15) is 27.7 Å². The van der Waals surface area contributed by atoms with Crippen LogP contribution in [0.1, 0.15) is 6.92 Å². The van der Waals surface area contributed by atoms with Gasteiger partial charge < -0.3 is 21.1 Å². The molecule has 49 heavy (non-hydrogen) atoms. The van der Waals surface area contributed by atoms with Crippen molar-refractivity contribution >= 4 is 99.2 Å². The molecule has 0 saturated heterocycles. The molecule has 0 aliphatic heterocycles. The molecule has 0 atom stereocenters. The van der Waals surface area contributed by atoms with Crippen molar-refractivity contribution in [2.75, 3.05) is 5.73 Å². The molecule has 0 aliphatic rings. The van der Waals surface area contributed by atoms with Crippen molar-refractivity contribution in [1.82, 2.24) is 9.36 Å². The maximum absolute atomic E-state index is 12.4. The maximum Gasteiger partial charge on any atom is 0.300 e. The molecule has 2 heterocycles. The summed E-state index contributed by atoms with van der Waals surface area (Å²) in [6.07, 6.45) is 2.46. The smallest absolute Gasteiger partial charge is 0.300 e. The Balaban J connectivity index is 0.00000123. The van der Waals surface area contributed by atoms with Gasteiger partial charge in [-0.15, -0.1) is 24.8 Å². The van der Waals surface area contributed by atoms with Crippen molar-refractivity contribution in [2.45, 2.75) is 21.6 Å². The number of azo groups is 2. The second-order valence-corrected chi connectivity index (χ2v) is 13.2. The van der Waals surface area contributed by atoms with Crippen LogP contribution in [0.5, 0.6) is 11.5 Å². The summed E-state index contributed by atoms with van der Waals surface area (Å²) in [6, 6.07) is 6.85. The number of benzene rings is 3. The molecule has 0 saturated carbocycles. The van der Waals surface area contributed by atoms with Crippen molar-refractivity contribution in [3.63, 3.8) is 0 Å². The number of phenols is 1. The standard InChI is InChI=1S/C22H15N7O11S4.C2H4O2.Cu/c23-18-17-9(5-15(42-40-39-32)19(21(17)31)26-25-13-8-24-4-3-14(13)30)6-16(44(36,37)38)20(18)27-28-22-11-7-10(43(33,34)35)1-2-12(11)29-41-22;1-2(3)4;/h1-8,31-32H,23H2,(H,24,30)(H,33,34,35)(H,36,37,38);1H3,(H,3,4);. The molecule has 5 rings (SSSR count). The molecule has 0 fully saturated rings. The van der Waals surface area contributed by atoms with Gasteiger partial charge in [-0.3, -0.25) is 18.9 Å². The first-order chi connectivity index (χ1) is 22.5. The predicted octanol–water partition coefficient (Wildman–Crippen LogP) is 5.68. The van der Waals surface area contributed by atoms with Crippen molar-refractivity contribution in [2.24, 2.45) is 20.5 Å². The minimum Gasteiger partial charge on any atom is -0.505 e. The zero-order chi connectivity index (χ0) is 35.4. The number of nitrogens with zero attached hydrogens (tertiary/aromatic N) is 6. The van der Waals surface area contributed by atoms with Crippen LogP contribution >= 0.6 is 23.6 Å². The summed E-state index contributed by atoms with van der Waals surface area (Å²) in [6.45, 7) is 1.08. The SMILES string of the molecule is CC(=O)O.Nc1c(N=Nc2snc3ccc(S(=O)(=O)O)cc23)c(S(=O)(=O)O)cc2cc(SOOO)c(N=Nc3cnccc3O)c(O)c12.[Cu]. The third-order valence-electron chi connectivity index (χ3n) is 5.75. The number of aromatic hydroxyl groups is 2. The fourth-order valence-corrected chi connectivity index (χ4v) is 6.17. The number of nitrogens with two attached hydrogens (primary N) is 1. The number of pyridine rings is 1. The van der Waals surface area contributed by atoms with Gasteiger partial charge in [0.2, 0.25) is 0 Å². The van der Waals surface area contributed by atoms with Gasteiger partial charge in [0.15, 0.2) is 10.8 Å². The first kappa shape index (κ1) is 39.0. The minimum absolute atomic E-state index is 0. The van der Waals surface area contributed by atoms with Gasteiger partial charge in [0, 0.05) is 41.6 Å². The maximum atomic E-state index is 12.4. The van der Waals surface area contributed by atoms with Crippen LogP contribution < -0.4 is 5.73 Å². The van der Waals surface area contributed by atoms with E-state index in [2.05, 4.69) is 39.2 Å². The molecule has 20 nitrogen and oxygen atoms in total.